The van der Waals surface area contributed by atoms with Crippen molar-refractivity contribution in [1.82, 2.24) is 4.90 Å². The summed E-state index contributed by atoms with van der Waals surface area (Å²) in [4.78, 5) is 24.3. The van der Waals surface area contributed by atoms with E-state index in [-0.39, 0.29) is 5.91 Å². The van der Waals surface area contributed by atoms with E-state index in [1.54, 1.807) is 6.08 Å². The number of hydrogen-bond donors (Lipinski definition) is 1. The van der Waals surface area contributed by atoms with Crippen LogP contribution in [0.15, 0.2) is 12.7 Å². The second kappa shape index (κ2) is 6.58. The van der Waals surface area contributed by atoms with Crippen LogP contribution in [0.3, 0.4) is 0 Å². The molecule has 4 nitrogen and oxygen atoms in total. The van der Waals surface area contributed by atoms with E-state index in [0.717, 1.165) is 18.6 Å². The van der Waals surface area contributed by atoms with Gasteiger partial charge in [0.25, 0.3) is 0 Å². The molecule has 1 aliphatic heterocycles. The van der Waals surface area contributed by atoms with Crippen molar-refractivity contribution in [3.05, 3.63) is 12.7 Å². The summed E-state index contributed by atoms with van der Waals surface area (Å²) in [5.74, 6) is 0.105. The Bertz CT molecular complexity index is 280. The van der Waals surface area contributed by atoms with Gasteiger partial charge in [0.15, 0.2) is 0 Å². The number of carbonyl (C=O) groups excluding carboxylic acids is 1. The van der Waals surface area contributed by atoms with Gasteiger partial charge in [-0.15, -0.1) is 18.3 Å². The SMILES string of the molecule is C=CCSCC(=O)N1CCCC[C@@H]1C(=O)O. The molecule has 0 aromatic carbocycles. The number of thioether (sulfide) groups is 1. The van der Waals surface area contributed by atoms with Gasteiger partial charge in [-0.25, -0.2) is 4.79 Å². The smallest absolute Gasteiger partial charge is 0.326 e. The maximum Gasteiger partial charge on any atom is 0.326 e. The molecule has 1 amide bonds. The Labute approximate surface area is 99.7 Å². The Hall–Kier alpha value is -0.970. The molecule has 1 N–H and O–H groups in total. The minimum absolute atomic E-state index is 0.0704. The summed E-state index contributed by atoms with van der Waals surface area (Å²) < 4.78 is 0. The number of likely N-dealkylation sites (tertiary alicyclic amines) is 1. The van der Waals surface area contributed by atoms with E-state index in [4.69, 9.17) is 5.11 Å². The van der Waals surface area contributed by atoms with Gasteiger partial charge >= 0.3 is 5.97 Å². The molecule has 1 aliphatic rings. The highest BCUT2D eigenvalue weighted by Gasteiger charge is 2.31. The number of nitrogens with zero attached hydrogens (tertiary/aromatic N) is 1. The molecule has 1 atom stereocenters. The standard InChI is InChI=1S/C11H17NO3S/c1-2-7-16-8-10(13)12-6-4-3-5-9(12)11(14)15/h2,9H,1,3-8H2,(H,14,15)/t9-/m1/s1. The molecular formula is C11H17NO3S. The van der Waals surface area contributed by atoms with Crippen LogP contribution in [0, 0.1) is 0 Å². The first-order valence-electron chi connectivity index (χ1n) is 5.37. The number of rotatable bonds is 5. The first kappa shape index (κ1) is 13.1. The van der Waals surface area contributed by atoms with Gasteiger partial charge in [0.05, 0.1) is 5.75 Å². The van der Waals surface area contributed by atoms with Gasteiger partial charge in [0.2, 0.25) is 5.91 Å². The molecule has 16 heavy (non-hydrogen) atoms. The molecule has 0 radical (unpaired) electrons. The van der Waals surface area contributed by atoms with E-state index in [1.807, 2.05) is 0 Å². The highest BCUT2D eigenvalue weighted by Crippen LogP contribution is 2.18. The molecule has 90 valence electrons. The Balaban J connectivity index is 2.50. The topological polar surface area (TPSA) is 57.6 Å². The molecule has 0 spiro atoms. The van der Waals surface area contributed by atoms with Crippen molar-refractivity contribution >= 4 is 23.6 Å². The number of carboxylic acids is 1. The van der Waals surface area contributed by atoms with Gasteiger partial charge in [-0.1, -0.05) is 6.08 Å². The fourth-order valence-electron chi connectivity index (χ4n) is 1.80. The third kappa shape index (κ3) is 3.56. The lowest BCUT2D eigenvalue weighted by Gasteiger charge is -2.32. The number of aliphatic carboxylic acids is 1. The van der Waals surface area contributed by atoms with Crippen molar-refractivity contribution < 1.29 is 14.7 Å². The molecule has 0 aromatic rings. The minimum atomic E-state index is -0.887. The zero-order valence-electron chi connectivity index (χ0n) is 9.22. The Kier molecular flexibility index (Phi) is 5.38. The van der Waals surface area contributed by atoms with Gasteiger partial charge in [-0.2, -0.15) is 0 Å². The van der Waals surface area contributed by atoms with E-state index >= 15 is 0 Å². The van der Waals surface area contributed by atoms with Gasteiger partial charge in [-0.05, 0) is 19.3 Å². The van der Waals surface area contributed by atoms with Crippen molar-refractivity contribution in [2.75, 3.05) is 18.1 Å². The monoisotopic (exact) mass is 243 g/mol. The summed E-state index contributed by atoms with van der Waals surface area (Å²) in [6, 6.07) is -0.620. The fourth-order valence-corrected chi connectivity index (χ4v) is 2.42. The number of carbonyl (C=O) groups is 2. The molecule has 1 rings (SSSR count). The van der Waals surface area contributed by atoms with E-state index in [1.165, 1.54) is 16.7 Å². The van der Waals surface area contributed by atoms with Crippen molar-refractivity contribution in [2.45, 2.75) is 25.3 Å². The van der Waals surface area contributed by atoms with Gasteiger partial charge in [0, 0.05) is 12.3 Å². The van der Waals surface area contributed by atoms with Crippen LogP contribution in [0.4, 0.5) is 0 Å². The van der Waals surface area contributed by atoms with E-state index in [0.29, 0.717) is 18.7 Å². The summed E-state index contributed by atoms with van der Waals surface area (Å²) >= 11 is 1.47. The molecule has 0 saturated carbocycles. The average molecular weight is 243 g/mol. The predicted molar refractivity (Wildman–Crippen MR) is 64.5 cm³/mol. The van der Waals surface area contributed by atoms with Crippen LogP contribution in [0.25, 0.3) is 0 Å². The quantitative estimate of drug-likeness (QED) is 0.585. The van der Waals surface area contributed by atoms with Crippen LogP contribution in [-0.2, 0) is 9.59 Å². The van der Waals surface area contributed by atoms with E-state index in [9.17, 15) is 9.59 Å². The third-order valence-corrected chi connectivity index (χ3v) is 3.49. The third-order valence-electron chi connectivity index (χ3n) is 2.57. The first-order chi connectivity index (χ1) is 7.66. The fraction of sp³-hybridized carbons (Fsp3) is 0.636. The highest BCUT2D eigenvalue weighted by molar-refractivity contribution is 8.00. The molecule has 1 fully saturated rings. The number of amides is 1. The molecule has 1 heterocycles. The van der Waals surface area contributed by atoms with Gasteiger partial charge in [-0.3, -0.25) is 4.79 Å². The summed E-state index contributed by atoms with van der Waals surface area (Å²) in [6.45, 7) is 4.15. The molecule has 1 saturated heterocycles. The average Bonchev–Trinajstić information content (AvgIpc) is 2.29. The van der Waals surface area contributed by atoms with E-state index < -0.39 is 12.0 Å². The van der Waals surface area contributed by atoms with Crippen LogP contribution in [0.1, 0.15) is 19.3 Å². The molecule has 5 heteroatoms. The molecule has 0 aromatic heterocycles. The Morgan fingerprint density at radius 3 is 2.88 bits per heavy atom. The maximum absolute atomic E-state index is 11.8. The molecule has 0 aliphatic carbocycles. The summed E-state index contributed by atoms with van der Waals surface area (Å²) in [6.07, 6.45) is 4.11. The minimum Gasteiger partial charge on any atom is -0.480 e. The van der Waals surface area contributed by atoms with Crippen LogP contribution in [0.2, 0.25) is 0 Å². The first-order valence-corrected chi connectivity index (χ1v) is 6.53. The van der Waals surface area contributed by atoms with Crippen molar-refractivity contribution in [3.63, 3.8) is 0 Å². The number of carboxylic acid groups (broad SMARTS) is 1. The Morgan fingerprint density at radius 1 is 1.50 bits per heavy atom. The maximum atomic E-state index is 11.8. The summed E-state index contributed by atoms with van der Waals surface area (Å²) in [5.41, 5.74) is 0. The largest absolute Gasteiger partial charge is 0.480 e. The molecule has 0 unspecified atom stereocenters. The van der Waals surface area contributed by atoms with Crippen LogP contribution in [0.5, 0.6) is 0 Å². The lowest BCUT2D eigenvalue weighted by atomic mass is 10.0. The van der Waals surface area contributed by atoms with Crippen LogP contribution < -0.4 is 0 Å². The molecular weight excluding hydrogens is 226 g/mol. The number of piperidine rings is 1. The zero-order valence-corrected chi connectivity index (χ0v) is 10.0. The summed E-state index contributed by atoms with van der Waals surface area (Å²) in [5, 5.41) is 9.01. The molecule has 0 bridgehead atoms. The highest BCUT2D eigenvalue weighted by atomic mass is 32.2. The Morgan fingerprint density at radius 2 is 2.25 bits per heavy atom. The van der Waals surface area contributed by atoms with Crippen molar-refractivity contribution in [3.8, 4) is 0 Å². The summed E-state index contributed by atoms with van der Waals surface area (Å²) in [7, 11) is 0. The zero-order chi connectivity index (χ0) is 12.0. The lowest BCUT2D eigenvalue weighted by Crippen LogP contribution is -2.48. The number of hydrogen-bond acceptors (Lipinski definition) is 3. The normalized spacial score (nSPS) is 20.5. The lowest BCUT2D eigenvalue weighted by molar-refractivity contribution is -0.150. The predicted octanol–water partition coefficient (Wildman–Crippen LogP) is 1.37. The second-order valence-electron chi connectivity index (χ2n) is 3.74. The second-order valence-corrected chi connectivity index (χ2v) is 4.77. The van der Waals surface area contributed by atoms with Crippen LogP contribution >= 0.6 is 11.8 Å². The van der Waals surface area contributed by atoms with Gasteiger partial charge in [0.1, 0.15) is 6.04 Å². The van der Waals surface area contributed by atoms with Crippen LogP contribution in [-0.4, -0.2) is 46.0 Å². The van der Waals surface area contributed by atoms with E-state index in [2.05, 4.69) is 6.58 Å². The van der Waals surface area contributed by atoms with Crippen molar-refractivity contribution in [1.29, 1.82) is 0 Å². The van der Waals surface area contributed by atoms with Gasteiger partial charge < -0.3 is 10.0 Å². The van der Waals surface area contributed by atoms with Crippen molar-refractivity contribution in [2.24, 2.45) is 0 Å².